The third-order valence-corrected chi connectivity index (χ3v) is 4.06. The molecule has 1 aromatic heterocycles. The maximum absolute atomic E-state index is 12.2. The third kappa shape index (κ3) is 3.34. The van der Waals surface area contributed by atoms with Crippen molar-refractivity contribution >= 4 is 28.9 Å². The van der Waals surface area contributed by atoms with Crippen LogP contribution in [0.2, 0.25) is 0 Å². The van der Waals surface area contributed by atoms with Gasteiger partial charge in [0.05, 0.1) is 29.9 Å². The molecule has 0 fully saturated rings. The molecular weight excluding hydrogens is 316 g/mol. The molecule has 0 bridgehead atoms. The summed E-state index contributed by atoms with van der Waals surface area (Å²) in [6, 6.07) is 5.60. The Balaban J connectivity index is 1.85. The van der Waals surface area contributed by atoms with Gasteiger partial charge in [-0.1, -0.05) is 0 Å². The summed E-state index contributed by atoms with van der Waals surface area (Å²) >= 11 is 1.51. The Morgan fingerprint density at radius 1 is 1.48 bits per heavy atom. The van der Waals surface area contributed by atoms with E-state index in [1.807, 2.05) is 23.6 Å². The predicted octanol–water partition coefficient (Wildman–Crippen LogP) is 2.49. The number of thiazole rings is 1. The maximum atomic E-state index is 12.2. The second-order valence-corrected chi connectivity index (χ2v) is 5.66. The van der Waals surface area contributed by atoms with E-state index in [-0.39, 0.29) is 31.4 Å². The first-order chi connectivity index (χ1) is 11.2. The maximum Gasteiger partial charge on any atom is 0.307 e. The number of nitrogens with zero attached hydrogens (tertiary/aromatic N) is 2. The van der Waals surface area contributed by atoms with Gasteiger partial charge in [-0.05, 0) is 25.1 Å². The summed E-state index contributed by atoms with van der Waals surface area (Å²) in [6.07, 6.45) is 0.153. The minimum atomic E-state index is -0.316. The molecule has 1 amide bonds. The van der Waals surface area contributed by atoms with Crippen LogP contribution in [0.15, 0.2) is 29.1 Å². The van der Waals surface area contributed by atoms with Gasteiger partial charge in [-0.15, -0.1) is 11.3 Å². The number of fused-ring (bicyclic) bond motifs is 1. The zero-order valence-corrected chi connectivity index (χ0v) is 13.5. The number of carbonyl (C=O) groups is 2. The predicted molar refractivity (Wildman–Crippen MR) is 86.6 cm³/mol. The Morgan fingerprint density at radius 3 is 3.09 bits per heavy atom. The number of esters is 1. The molecule has 6 nitrogen and oxygen atoms in total. The highest BCUT2D eigenvalue weighted by Crippen LogP contribution is 2.36. The molecular formula is C16H16N2O4S. The molecule has 3 rings (SSSR count). The second kappa shape index (κ2) is 6.78. The van der Waals surface area contributed by atoms with Crippen LogP contribution in [-0.4, -0.2) is 36.6 Å². The average molecular weight is 332 g/mol. The lowest BCUT2D eigenvalue weighted by atomic mass is 10.1. The molecule has 0 N–H and O–H groups in total. The van der Waals surface area contributed by atoms with Gasteiger partial charge in [0.2, 0.25) is 0 Å². The fourth-order valence-corrected chi connectivity index (χ4v) is 2.96. The van der Waals surface area contributed by atoms with E-state index in [0.29, 0.717) is 18.0 Å². The number of ether oxygens (including phenoxy) is 2. The van der Waals surface area contributed by atoms with Gasteiger partial charge in [0.1, 0.15) is 5.75 Å². The fourth-order valence-electron chi connectivity index (χ4n) is 2.40. The van der Waals surface area contributed by atoms with E-state index in [1.54, 1.807) is 17.3 Å². The van der Waals surface area contributed by atoms with Gasteiger partial charge in [-0.2, -0.15) is 0 Å². The van der Waals surface area contributed by atoms with Gasteiger partial charge in [0, 0.05) is 17.5 Å². The Morgan fingerprint density at radius 2 is 2.35 bits per heavy atom. The largest absolute Gasteiger partial charge is 0.482 e. The molecule has 0 atom stereocenters. The number of hydrogen-bond acceptors (Lipinski definition) is 6. The van der Waals surface area contributed by atoms with Crippen LogP contribution in [0, 0.1) is 0 Å². The Kier molecular flexibility index (Phi) is 4.57. The number of aromatic nitrogens is 1. The van der Waals surface area contributed by atoms with Gasteiger partial charge in [0.15, 0.2) is 6.61 Å². The molecule has 7 heteroatoms. The zero-order valence-electron chi connectivity index (χ0n) is 12.7. The molecule has 0 spiro atoms. The highest BCUT2D eigenvalue weighted by molar-refractivity contribution is 7.07. The van der Waals surface area contributed by atoms with E-state index < -0.39 is 0 Å². The highest BCUT2D eigenvalue weighted by atomic mass is 32.1. The van der Waals surface area contributed by atoms with Crippen molar-refractivity contribution in [2.45, 2.75) is 13.3 Å². The lowest BCUT2D eigenvalue weighted by Crippen LogP contribution is -2.40. The van der Waals surface area contributed by atoms with Crippen molar-refractivity contribution in [3.63, 3.8) is 0 Å². The van der Waals surface area contributed by atoms with E-state index in [4.69, 9.17) is 9.47 Å². The Bertz CT molecular complexity index is 715. The van der Waals surface area contributed by atoms with Crippen molar-refractivity contribution in [2.24, 2.45) is 0 Å². The van der Waals surface area contributed by atoms with Gasteiger partial charge in [0.25, 0.3) is 5.91 Å². The van der Waals surface area contributed by atoms with E-state index in [1.165, 1.54) is 11.3 Å². The zero-order chi connectivity index (χ0) is 16.2. The van der Waals surface area contributed by atoms with Crippen LogP contribution in [-0.2, 0) is 14.3 Å². The number of benzene rings is 1. The number of anilines is 1. The second-order valence-electron chi connectivity index (χ2n) is 4.95. The normalized spacial score (nSPS) is 13.4. The van der Waals surface area contributed by atoms with Gasteiger partial charge in [-0.3, -0.25) is 9.59 Å². The van der Waals surface area contributed by atoms with Crippen LogP contribution in [0.5, 0.6) is 5.75 Å². The van der Waals surface area contributed by atoms with Crippen LogP contribution >= 0.6 is 11.3 Å². The van der Waals surface area contributed by atoms with Crippen LogP contribution in [0.25, 0.3) is 11.3 Å². The molecule has 0 saturated heterocycles. The summed E-state index contributed by atoms with van der Waals surface area (Å²) in [5.74, 6) is 0.147. The minimum Gasteiger partial charge on any atom is -0.482 e. The van der Waals surface area contributed by atoms with Crippen molar-refractivity contribution in [2.75, 3.05) is 24.7 Å². The molecule has 0 aliphatic carbocycles. The van der Waals surface area contributed by atoms with Gasteiger partial charge in [-0.25, -0.2) is 4.98 Å². The first-order valence-electron chi connectivity index (χ1n) is 7.30. The first-order valence-corrected chi connectivity index (χ1v) is 8.24. The lowest BCUT2D eigenvalue weighted by molar-refractivity contribution is -0.142. The van der Waals surface area contributed by atoms with Crippen LogP contribution < -0.4 is 9.64 Å². The highest BCUT2D eigenvalue weighted by Gasteiger charge is 2.26. The molecule has 1 aliphatic rings. The molecule has 23 heavy (non-hydrogen) atoms. The van der Waals surface area contributed by atoms with Crippen LogP contribution in [0.3, 0.4) is 0 Å². The molecule has 0 unspecified atom stereocenters. The number of amides is 1. The van der Waals surface area contributed by atoms with Gasteiger partial charge >= 0.3 is 5.97 Å². The molecule has 2 aromatic rings. The first kappa shape index (κ1) is 15.5. The number of hydrogen-bond donors (Lipinski definition) is 0. The average Bonchev–Trinajstić information content (AvgIpc) is 3.08. The fraction of sp³-hybridized carbons (Fsp3) is 0.312. The van der Waals surface area contributed by atoms with Crippen molar-refractivity contribution < 1.29 is 19.1 Å². The van der Waals surface area contributed by atoms with Crippen molar-refractivity contribution in [1.29, 1.82) is 0 Å². The summed E-state index contributed by atoms with van der Waals surface area (Å²) in [4.78, 5) is 29.6. The molecule has 0 saturated carbocycles. The summed E-state index contributed by atoms with van der Waals surface area (Å²) in [5, 5.41) is 1.94. The van der Waals surface area contributed by atoms with E-state index in [2.05, 4.69) is 4.98 Å². The van der Waals surface area contributed by atoms with Crippen molar-refractivity contribution in [1.82, 2.24) is 4.98 Å². The van der Waals surface area contributed by atoms with Crippen LogP contribution in [0.1, 0.15) is 13.3 Å². The summed E-state index contributed by atoms with van der Waals surface area (Å²) in [5.41, 5.74) is 4.18. The van der Waals surface area contributed by atoms with Crippen LogP contribution in [0.4, 0.5) is 5.69 Å². The van der Waals surface area contributed by atoms with Crippen molar-refractivity contribution in [3.05, 3.63) is 29.1 Å². The Hall–Kier alpha value is -2.41. The standard InChI is InChI=1S/C16H16N2O4S/c1-2-21-16(20)5-6-18-13-7-11(12-9-23-10-17-12)3-4-14(13)22-8-15(18)19/h3-4,7,9-10H,2,5-6,8H2,1H3. The summed E-state index contributed by atoms with van der Waals surface area (Å²) in [6.45, 7) is 2.34. The summed E-state index contributed by atoms with van der Waals surface area (Å²) in [7, 11) is 0. The minimum absolute atomic E-state index is 0.0220. The SMILES string of the molecule is CCOC(=O)CCN1C(=O)COc2ccc(-c3cscn3)cc21. The quantitative estimate of drug-likeness (QED) is 0.787. The lowest BCUT2D eigenvalue weighted by Gasteiger charge is -2.29. The van der Waals surface area contributed by atoms with E-state index >= 15 is 0 Å². The summed E-state index contributed by atoms with van der Waals surface area (Å²) < 4.78 is 10.4. The topological polar surface area (TPSA) is 68.7 Å². The molecule has 0 radical (unpaired) electrons. The molecule has 1 aliphatic heterocycles. The molecule has 1 aromatic carbocycles. The Labute approximate surface area is 137 Å². The smallest absolute Gasteiger partial charge is 0.307 e. The monoisotopic (exact) mass is 332 g/mol. The number of rotatable bonds is 5. The van der Waals surface area contributed by atoms with Crippen molar-refractivity contribution in [3.8, 4) is 17.0 Å². The molecule has 120 valence electrons. The van der Waals surface area contributed by atoms with E-state index in [0.717, 1.165) is 11.3 Å². The third-order valence-electron chi connectivity index (χ3n) is 3.47. The molecule has 2 heterocycles. The number of carbonyl (C=O) groups excluding carboxylic acids is 2. The van der Waals surface area contributed by atoms with Gasteiger partial charge < -0.3 is 14.4 Å². The van der Waals surface area contributed by atoms with E-state index in [9.17, 15) is 9.59 Å².